The summed E-state index contributed by atoms with van der Waals surface area (Å²) in [6, 6.07) is 5.06. The number of aromatic nitrogens is 5. The van der Waals surface area contributed by atoms with Crippen molar-refractivity contribution in [3.05, 3.63) is 59.5 Å². The van der Waals surface area contributed by atoms with Crippen molar-refractivity contribution in [3.8, 4) is 22.6 Å². The van der Waals surface area contributed by atoms with E-state index in [1.807, 2.05) is 0 Å². The van der Waals surface area contributed by atoms with Crippen LogP contribution in [0.4, 0.5) is 13.2 Å². The first kappa shape index (κ1) is 16.9. The number of imidazole rings is 1. The molecule has 0 aliphatic carbocycles. The quantitative estimate of drug-likeness (QED) is 0.597. The highest BCUT2D eigenvalue weighted by molar-refractivity contribution is 5.91. The number of rotatable bonds is 3. The smallest absolute Gasteiger partial charge is 0.406 e. The normalized spacial score (nSPS) is 11.9. The van der Waals surface area contributed by atoms with Gasteiger partial charge in [0.2, 0.25) is 0 Å². The molecule has 0 radical (unpaired) electrons. The van der Waals surface area contributed by atoms with Gasteiger partial charge >= 0.3 is 6.36 Å². The van der Waals surface area contributed by atoms with Crippen LogP contribution in [0.25, 0.3) is 27.8 Å². The van der Waals surface area contributed by atoms with Gasteiger partial charge in [0.25, 0.3) is 5.56 Å². The van der Waals surface area contributed by atoms with Crippen LogP contribution in [0.2, 0.25) is 0 Å². The molecule has 0 aliphatic heterocycles. The summed E-state index contributed by atoms with van der Waals surface area (Å²) in [5, 5.41) is 6.62. The van der Waals surface area contributed by atoms with Crippen molar-refractivity contribution in [2.24, 2.45) is 7.05 Å². The number of aromatic amines is 1. The van der Waals surface area contributed by atoms with E-state index in [1.165, 1.54) is 23.0 Å². The van der Waals surface area contributed by atoms with Gasteiger partial charge in [-0.05, 0) is 24.3 Å². The Morgan fingerprint density at radius 2 is 1.93 bits per heavy atom. The van der Waals surface area contributed by atoms with Gasteiger partial charge in [-0.25, -0.2) is 4.98 Å². The number of hydrogen-bond donors (Lipinski definition) is 1. The third kappa shape index (κ3) is 3.05. The van der Waals surface area contributed by atoms with E-state index in [2.05, 4.69) is 19.9 Å². The molecule has 0 fully saturated rings. The summed E-state index contributed by atoms with van der Waals surface area (Å²) in [5.74, 6) is -0.365. The molecule has 3 aromatic heterocycles. The van der Waals surface area contributed by atoms with Crippen LogP contribution >= 0.6 is 0 Å². The van der Waals surface area contributed by atoms with Crippen LogP contribution in [0.5, 0.6) is 5.75 Å². The maximum absolute atomic E-state index is 12.9. The standard InChI is InChI=1S/C17H12F3N5O2/c1-24-9-21-14-13(10-6-22-23-7-10)8-25(16(26)15(14)24)11-2-4-12(5-3-11)27-17(18,19)20/h2-9H,1H3,(H,22,23). The van der Waals surface area contributed by atoms with E-state index >= 15 is 0 Å². The molecule has 7 nitrogen and oxygen atoms in total. The lowest BCUT2D eigenvalue weighted by molar-refractivity contribution is -0.274. The third-order valence-electron chi connectivity index (χ3n) is 4.03. The fraction of sp³-hybridized carbons (Fsp3) is 0.118. The first-order valence-electron chi connectivity index (χ1n) is 7.75. The molecular formula is C17H12F3N5O2. The molecule has 4 aromatic rings. The number of halogens is 3. The lowest BCUT2D eigenvalue weighted by atomic mass is 10.1. The highest BCUT2D eigenvalue weighted by atomic mass is 19.4. The molecule has 1 aromatic carbocycles. The SMILES string of the molecule is Cn1cnc2c(-c3cn[nH]c3)cn(-c3ccc(OC(F)(F)F)cc3)c(=O)c21. The topological polar surface area (TPSA) is 77.7 Å². The van der Waals surface area contributed by atoms with Gasteiger partial charge in [0, 0.05) is 36.3 Å². The third-order valence-corrected chi connectivity index (χ3v) is 4.03. The van der Waals surface area contributed by atoms with Crippen LogP contribution in [0, 0.1) is 0 Å². The minimum atomic E-state index is -4.78. The molecule has 0 unspecified atom stereocenters. The average Bonchev–Trinajstić information content (AvgIpc) is 3.25. The zero-order valence-electron chi connectivity index (χ0n) is 13.9. The number of alkyl halides is 3. The molecule has 1 N–H and O–H groups in total. The van der Waals surface area contributed by atoms with Crippen LogP contribution < -0.4 is 10.3 Å². The molecular weight excluding hydrogens is 363 g/mol. The molecule has 27 heavy (non-hydrogen) atoms. The Morgan fingerprint density at radius 1 is 1.19 bits per heavy atom. The van der Waals surface area contributed by atoms with Crippen molar-refractivity contribution in [2.45, 2.75) is 6.36 Å². The summed E-state index contributed by atoms with van der Waals surface area (Å²) >= 11 is 0. The predicted octanol–water partition coefficient (Wildman–Crippen LogP) is 3.01. The number of aryl methyl sites for hydroxylation is 1. The Hall–Kier alpha value is -3.56. The summed E-state index contributed by atoms with van der Waals surface area (Å²) in [5.41, 5.74) is 2.31. The lowest BCUT2D eigenvalue weighted by Gasteiger charge is -2.12. The van der Waals surface area contributed by atoms with Gasteiger partial charge in [-0.2, -0.15) is 5.10 Å². The van der Waals surface area contributed by atoms with E-state index in [-0.39, 0.29) is 11.3 Å². The van der Waals surface area contributed by atoms with E-state index in [0.717, 1.165) is 17.7 Å². The Morgan fingerprint density at radius 3 is 2.56 bits per heavy atom. The van der Waals surface area contributed by atoms with Crippen molar-refractivity contribution >= 4 is 11.0 Å². The number of pyridine rings is 1. The summed E-state index contributed by atoms with van der Waals surface area (Å²) < 4.78 is 43.8. The van der Waals surface area contributed by atoms with Gasteiger partial charge in [0.1, 0.15) is 16.8 Å². The van der Waals surface area contributed by atoms with Crippen molar-refractivity contribution in [1.29, 1.82) is 0 Å². The van der Waals surface area contributed by atoms with E-state index in [0.29, 0.717) is 22.3 Å². The van der Waals surface area contributed by atoms with E-state index < -0.39 is 6.36 Å². The monoisotopic (exact) mass is 375 g/mol. The number of H-pyrrole nitrogens is 1. The van der Waals surface area contributed by atoms with Crippen molar-refractivity contribution in [2.75, 3.05) is 0 Å². The van der Waals surface area contributed by atoms with E-state index in [4.69, 9.17) is 0 Å². The fourth-order valence-electron chi connectivity index (χ4n) is 2.85. The fourth-order valence-corrected chi connectivity index (χ4v) is 2.85. The van der Waals surface area contributed by atoms with Gasteiger partial charge < -0.3 is 9.30 Å². The van der Waals surface area contributed by atoms with Crippen LogP contribution in [-0.2, 0) is 7.05 Å². The van der Waals surface area contributed by atoms with E-state index in [1.54, 1.807) is 30.2 Å². The first-order valence-corrected chi connectivity index (χ1v) is 7.75. The van der Waals surface area contributed by atoms with Gasteiger partial charge in [0.05, 0.1) is 12.5 Å². The molecule has 0 atom stereocenters. The molecule has 3 heterocycles. The zero-order valence-corrected chi connectivity index (χ0v) is 13.9. The second-order valence-electron chi connectivity index (χ2n) is 5.80. The Kier molecular flexibility index (Phi) is 3.76. The van der Waals surface area contributed by atoms with Gasteiger partial charge in [0.15, 0.2) is 0 Å². The van der Waals surface area contributed by atoms with Gasteiger partial charge in [-0.15, -0.1) is 13.2 Å². The van der Waals surface area contributed by atoms with Crippen molar-refractivity contribution in [1.82, 2.24) is 24.3 Å². The minimum absolute atomic E-state index is 0.346. The molecule has 0 bridgehead atoms. The molecule has 4 rings (SSSR count). The zero-order chi connectivity index (χ0) is 19.2. The number of nitrogens with zero attached hydrogens (tertiary/aromatic N) is 4. The number of nitrogens with one attached hydrogen (secondary N) is 1. The molecule has 0 aliphatic rings. The molecule has 10 heteroatoms. The van der Waals surface area contributed by atoms with Crippen LogP contribution in [-0.4, -0.2) is 30.7 Å². The minimum Gasteiger partial charge on any atom is -0.406 e. The lowest BCUT2D eigenvalue weighted by Crippen LogP contribution is -2.20. The number of hydrogen-bond acceptors (Lipinski definition) is 4. The summed E-state index contributed by atoms with van der Waals surface area (Å²) in [6.45, 7) is 0. The largest absolute Gasteiger partial charge is 0.573 e. The maximum Gasteiger partial charge on any atom is 0.573 e. The second kappa shape index (κ2) is 6.01. The van der Waals surface area contributed by atoms with Crippen LogP contribution in [0.3, 0.4) is 0 Å². The second-order valence-corrected chi connectivity index (χ2v) is 5.80. The summed E-state index contributed by atoms with van der Waals surface area (Å²) in [7, 11) is 1.69. The highest BCUT2D eigenvalue weighted by Gasteiger charge is 2.31. The van der Waals surface area contributed by atoms with Gasteiger partial charge in [-0.3, -0.25) is 14.5 Å². The maximum atomic E-state index is 12.9. The summed E-state index contributed by atoms with van der Waals surface area (Å²) in [4.78, 5) is 17.2. The molecule has 0 saturated heterocycles. The van der Waals surface area contributed by atoms with Gasteiger partial charge in [-0.1, -0.05) is 0 Å². The van der Waals surface area contributed by atoms with Crippen molar-refractivity contribution in [3.63, 3.8) is 0 Å². The molecule has 138 valence electrons. The Balaban J connectivity index is 1.88. The number of ether oxygens (including phenoxy) is 1. The first-order chi connectivity index (χ1) is 12.8. The molecule has 0 saturated carbocycles. The predicted molar refractivity (Wildman–Crippen MR) is 90.6 cm³/mol. The number of fused-ring (bicyclic) bond motifs is 1. The Bertz CT molecular complexity index is 1160. The van der Waals surface area contributed by atoms with E-state index in [9.17, 15) is 18.0 Å². The van der Waals surface area contributed by atoms with Crippen LogP contribution in [0.1, 0.15) is 0 Å². The average molecular weight is 375 g/mol. The van der Waals surface area contributed by atoms with Crippen LogP contribution in [0.15, 0.2) is 54.0 Å². The van der Waals surface area contributed by atoms with Crippen molar-refractivity contribution < 1.29 is 17.9 Å². The Labute approximate surface area is 149 Å². The highest BCUT2D eigenvalue weighted by Crippen LogP contribution is 2.27. The number of benzene rings is 1. The summed E-state index contributed by atoms with van der Waals surface area (Å²) in [6.07, 6.45) is 1.60. The molecule has 0 spiro atoms. The molecule has 0 amide bonds.